The first-order valence-electron chi connectivity index (χ1n) is 8.97. The maximum absolute atomic E-state index is 12.5. The minimum Gasteiger partial charge on any atom is -0.496 e. The number of amides is 2. The number of hydrogen-bond acceptors (Lipinski definition) is 4. The molecule has 0 aliphatic carbocycles. The van der Waals surface area contributed by atoms with Crippen molar-refractivity contribution in [1.29, 1.82) is 0 Å². The van der Waals surface area contributed by atoms with Crippen molar-refractivity contribution in [2.75, 3.05) is 37.5 Å². The summed E-state index contributed by atoms with van der Waals surface area (Å²) in [5.74, 6) is 0.260. The first-order valence-corrected chi connectivity index (χ1v) is 8.97. The van der Waals surface area contributed by atoms with Gasteiger partial charge in [-0.3, -0.25) is 9.59 Å². The number of nitrogens with zero attached hydrogens (tertiary/aromatic N) is 2. The highest BCUT2D eigenvalue weighted by Crippen LogP contribution is 2.27. The van der Waals surface area contributed by atoms with Crippen LogP contribution >= 0.6 is 0 Å². The van der Waals surface area contributed by atoms with Crippen LogP contribution in [-0.2, 0) is 16.1 Å². The fraction of sp³-hybridized carbons (Fsp3) is 0.333. The Hall–Kier alpha value is -3.02. The van der Waals surface area contributed by atoms with E-state index in [0.29, 0.717) is 13.1 Å². The molecule has 142 valence electrons. The van der Waals surface area contributed by atoms with Gasteiger partial charge < -0.3 is 19.9 Å². The fourth-order valence-corrected chi connectivity index (χ4v) is 3.24. The van der Waals surface area contributed by atoms with E-state index in [1.807, 2.05) is 67.5 Å². The van der Waals surface area contributed by atoms with Gasteiger partial charge in [0.2, 0.25) is 11.8 Å². The summed E-state index contributed by atoms with van der Waals surface area (Å²) >= 11 is 0. The van der Waals surface area contributed by atoms with Crippen molar-refractivity contribution < 1.29 is 14.3 Å². The predicted octanol–water partition coefficient (Wildman–Crippen LogP) is 2.43. The maximum Gasteiger partial charge on any atom is 0.227 e. The third-order valence-electron chi connectivity index (χ3n) is 4.82. The molecule has 1 aliphatic heterocycles. The van der Waals surface area contributed by atoms with Gasteiger partial charge in [-0.2, -0.15) is 0 Å². The molecular weight excluding hydrogens is 342 g/mol. The molecular formula is C21H25N3O3. The van der Waals surface area contributed by atoms with Crippen LogP contribution in [0.15, 0.2) is 48.5 Å². The van der Waals surface area contributed by atoms with E-state index in [4.69, 9.17) is 4.74 Å². The molecule has 1 heterocycles. The number of benzene rings is 2. The van der Waals surface area contributed by atoms with Gasteiger partial charge in [0.1, 0.15) is 5.75 Å². The molecule has 1 saturated heterocycles. The SMILES string of the molecule is COc1ccccc1CNC(=O)C1CC(=O)N(c2ccc(N(C)C)cc2)C1. The van der Waals surface area contributed by atoms with Gasteiger partial charge in [-0.05, 0) is 30.3 Å². The molecule has 1 N–H and O–H groups in total. The van der Waals surface area contributed by atoms with Crippen molar-refractivity contribution in [3.05, 3.63) is 54.1 Å². The predicted molar refractivity (Wildman–Crippen MR) is 106 cm³/mol. The lowest BCUT2D eigenvalue weighted by Crippen LogP contribution is -2.32. The van der Waals surface area contributed by atoms with E-state index in [1.165, 1.54) is 0 Å². The molecule has 1 unspecified atom stereocenters. The van der Waals surface area contributed by atoms with Crippen LogP contribution in [-0.4, -0.2) is 39.6 Å². The molecule has 0 radical (unpaired) electrons. The van der Waals surface area contributed by atoms with Crippen molar-refractivity contribution in [2.24, 2.45) is 5.92 Å². The van der Waals surface area contributed by atoms with Crippen LogP contribution in [0.5, 0.6) is 5.75 Å². The number of rotatable bonds is 6. The summed E-state index contributed by atoms with van der Waals surface area (Å²) in [6.45, 7) is 0.781. The third-order valence-corrected chi connectivity index (χ3v) is 4.82. The second-order valence-corrected chi connectivity index (χ2v) is 6.85. The molecule has 0 spiro atoms. The average molecular weight is 367 g/mol. The van der Waals surface area contributed by atoms with E-state index in [-0.39, 0.29) is 24.2 Å². The van der Waals surface area contributed by atoms with Crippen LogP contribution in [0.25, 0.3) is 0 Å². The van der Waals surface area contributed by atoms with E-state index in [2.05, 4.69) is 5.32 Å². The minimum absolute atomic E-state index is 0.0231. The van der Waals surface area contributed by atoms with Gasteiger partial charge in [0, 0.05) is 50.5 Å². The smallest absolute Gasteiger partial charge is 0.227 e. The zero-order chi connectivity index (χ0) is 19.4. The van der Waals surface area contributed by atoms with Gasteiger partial charge in [0.25, 0.3) is 0 Å². The first-order chi connectivity index (χ1) is 13.0. The molecule has 0 bridgehead atoms. The molecule has 1 atom stereocenters. The number of methoxy groups -OCH3 is 1. The Bertz CT molecular complexity index is 818. The minimum atomic E-state index is -0.347. The standard InChI is InChI=1S/C21H25N3O3/c1-23(2)17-8-10-18(11-9-17)24-14-16(12-20(24)25)21(26)22-13-15-6-4-5-7-19(15)27-3/h4-11,16H,12-14H2,1-3H3,(H,22,26). The van der Waals surface area contributed by atoms with E-state index in [9.17, 15) is 9.59 Å². The summed E-state index contributed by atoms with van der Waals surface area (Å²) < 4.78 is 5.30. The van der Waals surface area contributed by atoms with Gasteiger partial charge in [0.05, 0.1) is 13.0 Å². The van der Waals surface area contributed by atoms with E-state index in [1.54, 1.807) is 12.0 Å². The lowest BCUT2D eigenvalue weighted by Gasteiger charge is -2.19. The lowest BCUT2D eigenvalue weighted by molar-refractivity contribution is -0.126. The summed E-state index contributed by atoms with van der Waals surface area (Å²) in [5.41, 5.74) is 2.80. The first kappa shape index (κ1) is 18.8. The monoisotopic (exact) mass is 367 g/mol. The summed E-state index contributed by atoms with van der Waals surface area (Å²) in [4.78, 5) is 28.6. The number of nitrogens with one attached hydrogen (secondary N) is 1. The van der Waals surface area contributed by atoms with Gasteiger partial charge in [-0.15, -0.1) is 0 Å². The van der Waals surface area contributed by atoms with Gasteiger partial charge in [-0.1, -0.05) is 18.2 Å². The molecule has 1 fully saturated rings. The Balaban J connectivity index is 1.61. The van der Waals surface area contributed by atoms with Crippen molar-refractivity contribution in [3.63, 3.8) is 0 Å². The molecule has 0 aromatic heterocycles. The highest BCUT2D eigenvalue weighted by Gasteiger charge is 2.35. The van der Waals surface area contributed by atoms with E-state index < -0.39 is 0 Å². The number of carbonyl (C=O) groups is 2. The van der Waals surface area contributed by atoms with Crippen LogP contribution in [0.1, 0.15) is 12.0 Å². The fourth-order valence-electron chi connectivity index (χ4n) is 3.24. The number of ether oxygens (including phenoxy) is 1. The maximum atomic E-state index is 12.5. The van der Waals surface area contributed by atoms with Crippen molar-refractivity contribution in [1.82, 2.24) is 5.32 Å². The van der Waals surface area contributed by atoms with Crippen LogP contribution < -0.4 is 19.9 Å². The summed E-state index contributed by atoms with van der Waals surface area (Å²) in [6, 6.07) is 15.3. The van der Waals surface area contributed by atoms with Gasteiger partial charge in [0.15, 0.2) is 0 Å². The molecule has 27 heavy (non-hydrogen) atoms. The number of para-hydroxylation sites is 1. The Kier molecular flexibility index (Phi) is 5.64. The number of anilines is 2. The summed E-state index contributed by atoms with van der Waals surface area (Å²) in [6.07, 6.45) is 0.229. The lowest BCUT2D eigenvalue weighted by atomic mass is 10.1. The van der Waals surface area contributed by atoms with Gasteiger partial charge in [-0.25, -0.2) is 0 Å². The second kappa shape index (κ2) is 8.12. The Morgan fingerprint density at radius 3 is 2.56 bits per heavy atom. The highest BCUT2D eigenvalue weighted by atomic mass is 16.5. The van der Waals surface area contributed by atoms with E-state index in [0.717, 1.165) is 22.7 Å². The average Bonchev–Trinajstić information content (AvgIpc) is 3.08. The zero-order valence-electron chi connectivity index (χ0n) is 15.9. The second-order valence-electron chi connectivity index (χ2n) is 6.85. The molecule has 2 amide bonds. The van der Waals surface area contributed by atoms with Crippen LogP contribution in [0.3, 0.4) is 0 Å². The van der Waals surface area contributed by atoms with Crippen molar-refractivity contribution >= 4 is 23.2 Å². The summed E-state index contributed by atoms with van der Waals surface area (Å²) in [5, 5.41) is 2.93. The van der Waals surface area contributed by atoms with Crippen molar-refractivity contribution in [3.8, 4) is 5.75 Å². The normalized spacial score (nSPS) is 16.3. The Labute approximate surface area is 159 Å². The summed E-state index contributed by atoms with van der Waals surface area (Å²) in [7, 11) is 5.55. The third kappa shape index (κ3) is 4.22. The molecule has 3 rings (SSSR count). The largest absolute Gasteiger partial charge is 0.496 e. The topological polar surface area (TPSA) is 61.9 Å². The Morgan fingerprint density at radius 1 is 1.19 bits per heavy atom. The zero-order valence-corrected chi connectivity index (χ0v) is 15.9. The van der Waals surface area contributed by atoms with Crippen molar-refractivity contribution in [2.45, 2.75) is 13.0 Å². The Morgan fingerprint density at radius 2 is 1.89 bits per heavy atom. The van der Waals surface area contributed by atoms with Crippen LogP contribution in [0, 0.1) is 5.92 Å². The van der Waals surface area contributed by atoms with Gasteiger partial charge >= 0.3 is 0 Å². The molecule has 6 heteroatoms. The molecule has 6 nitrogen and oxygen atoms in total. The molecule has 1 aliphatic rings. The highest BCUT2D eigenvalue weighted by molar-refractivity contribution is 6.00. The number of carbonyl (C=O) groups excluding carboxylic acids is 2. The quantitative estimate of drug-likeness (QED) is 0.852. The molecule has 2 aromatic carbocycles. The molecule has 2 aromatic rings. The van der Waals surface area contributed by atoms with Crippen LogP contribution in [0.2, 0.25) is 0 Å². The van der Waals surface area contributed by atoms with E-state index >= 15 is 0 Å². The number of hydrogen-bond donors (Lipinski definition) is 1. The van der Waals surface area contributed by atoms with Crippen LogP contribution in [0.4, 0.5) is 11.4 Å². The molecule has 0 saturated carbocycles.